The molecule has 1 aromatic heterocycles. The largest absolute Gasteiger partial charge is 0.497 e. The fraction of sp³-hybridized carbons (Fsp3) is 0.304. The van der Waals surface area contributed by atoms with E-state index in [1.54, 1.807) is 37.4 Å². The number of methoxy groups -OCH3 is 1. The van der Waals surface area contributed by atoms with Crippen LogP contribution >= 0.6 is 11.3 Å². The summed E-state index contributed by atoms with van der Waals surface area (Å²) in [5.74, 6) is -0.00293. The first kappa shape index (κ1) is 23.1. The third-order valence-corrected chi connectivity index (χ3v) is 6.39. The molecule has 1 aliphatic rings. The Labute approximate surface area is 193 Å². The smallest absolute Gasteiger partial charge is 0.418 e. The molecular weight excluding hydrogens is 453 g/mol. The van der Waals surface area contributed by atoms with Gasteiger partial charge in [0, 0.05) is 42.8 Å². The van der Waals surface area contributed by atoms with Crippen LogP contribution in [-0.2, 0) is 6.18 Å². The van der Waals surface area contributed by atoms with Gasteiger partial charge < -0.3 is 19.9 Å². The molecule has 1 saturated heterocycles. The van der Waals surface area contributed by atoms with Gasteiger partial charge in [0.2, 0.25) is 0 Å². The number of hydrogen-bond donors (Lipinski definition) is 1. The summed E-state index contributed by atoms with van der Waals surface area (Å²) in [7, 11) is 3.55. The van der Waals surface area contributed by atoms with Gasteiger partial charge in [-0.25, -0.2) is 4.98 Å². The van der Waals surface area contributed by atoms with E-state index < -0.39 is 17.6 Å². The SMILES string of the molecule is COc1ccc(-c2nc(C(=O)Nc3ccc(N4CCN(C)CC4)cc3C(F)(F)F)cs2)cc1. The van der Waals surface area contributed by atoms with Crippen molar-refractivity contribution in [3.8, 4) is 16.3 Å². The number of halogens is 3. The van der Waals surface area contributed by atoms with Crippen LogP contribution in [0.5, 0.6) is 5.75 Å². The molecular formula is C23H23F3N4O2S. The van der Waals surface area contributed by atoms with Gasteiger partial charge in [-0.2, -0.15) is 13.2 Å². The standard InChI is InChI=1S/C23H23F3N4O2S/c1-29-9-11-30(12-10-29)16-5-8-19(18(13-16)23(24,25)26)27-21(31)20-14-33-22(28-20)15-3-6-17(32-2)7-4-15/h3-8,13-14H,9-12H2,1-2H3,(H,27,31). The number of anilines is 2. The maximum atomic E-state index is 13.8. The average molecular weight is 477 g/mol. The van der Waals surface area contributed by atoms with Crippen molar-refractivity contribution in [3.05, 3.63) is 59.1 Å². The van der Waals surface area contributed by atoms with Crippen molar-refractivity contribution in [1.82, 2.24) is 9.88 Å². The van der Waals surface area contributed by atoms with Crippen molar-refractivity contribution in [2.45, 2.75) is 6.18 Å². The third kappa shape index (κ3) is 5.28. The van der Waals surface area contributed by atoms with Crippen LogP contribution in [0, 0.1) is 0 Å². The molecule has 0 saturated carbocycles. The number of nitrogens with zero attached hydrogens (tertiary/aromatic N) is 3. The molecule has 2 aromatic carbocycles. The third-order valence-electron chi connectivity index (χ3n) is 5.50. The monoisotopic (exact) mass is 476 g/mol. The van der Waals surface area contributed by atoms with E-state index in [9.17, 15) is 18.0 Å². The van der Waals surface area contributed by atoms with Gasteiger partial charge in [0.15, 0.2) is 0 Å². The molecule has 0 bridgehead atoms. The number of ether oxygens (including phenoxy) is 1. The topological polar surface area (TPSA) is 57.7 Å². The molecule has 174 valence electrons. The zero-order chi connectivity index (χ0) is 23.6. The predicted molar refractivity (Wildman–Crippen MR) is 123 cm³/mol. The number of benzene rings is 2. The molecule has 0 atom stereocenters. The summed E-state index contributed by atoms with van der Waals surface area (Å²) < 4.78 is 46.5. The van der Waals surface area contributed by atoms with Gasteiger partial charge in [0.1, 0.15) is 16.5 Å². The van der Waals surface area contributed by atoms with Gasteiger partial charge in [0.25, 0.3) is 5.91 Å². The molecule has 2 heterocycles. The van der Waals surface area contributed by atoms with Crippen LogP contribution in [0.3, 0.4) is 0 Å². The van der Waals surface area contributed by atoms with Crippen LogP contribution in [-0.4, -0.2) is 56.1 Å². The second-order valence-corrected chi connectivity index (χ2v) is 8.60. The van der Waals surface area contributed by atoms with Crippen LogP contribution in [0.25, 0.3) is 10.6 Å². The van der Waals surface area contributed by atoms with Crippen LogP contribution in [0.4, 0.5) is 24.5 Å². The van der Waals surface area contributed by atoms with E-state index in [-0.39, 0.29) is 11.4 Å². The highest BCUT2D eigenvalue weighted by atomic mass is 32.1. The first-order chi connectivity index (χ1) is 15.7. The Bertz CT molecular complexity index is 1120. The second-order valence-electron chi connectivity index (χ2n) is 7.74. The quantitative estimate of drug-likeness (QED) is 0.571. The number of alkyl halides is 3. The Kier molecular flexibility index (Phi) is 6.57. The minimum atomic E-state index is -4.61. The Hall–Kier alpha value is -3.11. The Morgan fingerprint density at radius 1 is 1.09 bits per heavy atom. The van der Waals surface area contributed by atoms with Gasteiger partial charge in [-0.3, -0.25) is 4.79 Å². The second kappa shape index (κ2) is 9.40. The zero-order valence-electron chi connectivity index (χ0n) is 18.1. The zero-order valence-corrected chi connectivity index (χ0v) is 19.0. The number of likely N-dealkylation sites (N-methyl/N-ethyl adjacent to an activating group) is 1. The highest BCUT2D eigenvalue weighted by Crippen LogP contribution is 2.38. The van der Waals surface area contributed by atoms with Crippen LogP contribution in [0.1, 0.15) is 16.1 Å². The van der Waals surface area contributed by atoms with Crippen molar-refractivity contribution in [2.75, 3.05) is 50.6 Å². The number of aromatic nitrogens is 1. The van der Waals surface area contributed by atoms with Crippen LogP contribution in [0.2, 0.25) is 0 Å². The molecule has 1 amide bonds. The number of thiazole rings is 1. The van der Waals surface area contributed by atoms with Crippen molar-refractivity contribution < 1.29 is 22.7 Å². The van der Waals surface area contributed by atoms with Gasteiger partial charge in [-0.05, 0) is 49.5 Å². The van der Waals surface area contributed by atoms with E-state index >= 15 is 0 Å². The summed E-state index contributed by atoms with van der Waals surface area (Å²) in [6.07, 6.45) is -4.61. The fourth-order valence-corrected chi connectivity index (χ4v) is 4.37. The van der Waals surface area contributed by atoms with Gasteiger partial charge in [-0.1, -0.05) is 0 Å². The maximum absolute atomic E-state index is 13.8. The summed E-state index contributed by atoms with van der Waals surface area (Å²) in [4.78, 5) is 21.0. The molecule has 0 unspecified atom stereocenters. The first-order valence-corrected chi connectivity index (χ1v) is 11.2. The lowest BCUT2D eigenvalue weighted by Gasteiger charge is -2.34. The Balaban J connectivity index is 1.54. The molecule has 1 N–H and O–H groups in total. The van der Waals surface area contributed by atoms with E-state index in [4.69, 9.17) is 4.74 Å². The lowest BCUT2D eigenvalue weighted by molar-refractivity contribution is -0.136. The van der Waals surface area contributed by atoms with Crippen molar-refractivity contribution >= 4 is 28.6 Å². The summed E-state index contributed by atoms with van der Waals surface area (Å²) >= 11 is 1.24. The maximum Gasteiger partial charge on any atom is 0.418 e. The molecule has 0 radical (unpaired) electrons. The molecule has 6 nitrogen and oxygen atoms in total. The van der Waals surface area contributed by atoms with E-state index in [2.05, 4.69) is 15.2 Å². The lowest BCUT2D eigenvalue weighted by Crippen LogP contribution is -2.44. The van der Waals surface area contributed by atoms with Crippen molar-refractivity contribution in [3.63, 3.8) is 0 Å². The first-order valence-electron chi connectivity index (χ1n) is 10.3. The lowest BCUT2D eigenvalue weighted by atomic mass is 10.1. The Morgan fingerprint density at radius 3 is 2.42 bits per heavy atom. The summed E-state index contributed by atoms with van der Waals surface area (Å²) in [5.41, 5.74) is 0.167. The van der Waals surface area contributed by atoms with E-state index in [1.807, 2.05) is 11.9 Å². The van der Waals surface area contributed by atoms with E-state index in [0.717, 1.165) is 24.7 Å². The fourth-order valence-electron chi connectivity index (χ4n) is 3.57. The molecule has 1 fully saturated rings. The van der Waals surface area contributed by atoms with Crippen LogP contribution < -0.4 is 15.0 Å². The molecule has 0 aliphatic carbocycles. The molecule has 3 aromatic rings. The average Bonchev–Trinajstić information content (AvgIpc) is 3.30. The molecule has 4 rings (SSSR count). The Morgan fingerprint density at radius 2 is 1.79 bits per heavy atom. The molecule has 0 spiro atoms. The molecule has 33 heavy (non-hydrogen) atoms. The normalized spacial score (nSPS) is 14.9. The summed E-state index contributed by atoms with van der Waals surface area (Å²) in [6, 6.07) is 11.2. The number of amides is 1. The van der Waals surface area contributed by atoms with Gasteiger partial charge in [0.05, 0.1) is 18.4 Å². The number of piperazine rings is 1. The number of nitrogens with one attached hydrogen (secondary N) is 1. The minimum absolute atomic E-state index is 0.0575. The highest BCUT2D eigenvalue weighted by Gasteiger charge is 2.35. The van der Waals surface area contributed by atoms with Crippen molar-refractivity contribution in [1.29, 1.82) is 0 Å². The van der Waals surface area contributed by atoms with E-state index in [1.165, 1.54) is 22.8 Å². The summed E-state index contributed by atoms with van der Waals surface area (Å²) in [5, 5.41) is 4.51. The number of rotatable bonds is 5. The van der Waals surface area contributed by atoms with Gasteiger partial charge >= 0.3 is 6.18 Å². The number of hydrogen-bond acceptors (Lipinski definition) is 6. The highest BCUT2D eigenvalue weighted by molar-refractivity contribution is 7.13. The van der Waals surface area contributed by atoms with Crippen molar-refractivity contribution in [2.24, 2.45) is 0 Å². The summed E-state index contributed by atoms with van der Waals surface area (Å²) in [6.45, 7) is 2.85. The minimum Gasteiger partial charge on any atom is -0.497 e. The number of carbonyl (C=O) groups is 1. The predicted octanol–water partition coefficient (Wildman–Crippen LogP) is 4.84. The van der Waals surface area contributed by atoms with Crippen LogP contribution in [0.15, 0.2) is 47.8 Å². The molecule has 10 heteroatoms. The number of carbonyl (C=O) groups excluding carboxylic acids is 1. The van der Waals surface area contributed by atoms with Gasteiger partial charge in [-0.15, -0.1) is 11.3 Å². The molecule has 1 aliphatic heterocycles. The van der Waals surface area contributed by atoms with E-state index in [0.29, 0.717) is 29.5 Å².